The minimum Gasteiger partial charge on any atom is -0.494 e. The van der Waals surface area contributed by atoms with E-state index >= 15 is 0 Å². The maximum atomic E-state index is 9.48. The number of rotatable bonds is 6. The normalized spacial score (nSPS) is 11.1. The smallest absolute Gasteiger partial charge is 0.136 e. The maximum Gasteiger partial charge on any atom is 0.136 e. The molecule has 0 bridgehead atoms. The zero-order valence-electron chi connectivity index (χ0n) is 14.4. The van der Waals surface area contributed by atoms with Gasteiger partial charge >= 0.3 is 0 Å². The number of nitrogens with zero attached hydrogens (tertiary/aromatic N) is 2. The molecule has 27 heavy (non-hydrogen) atoms. The number of allylic oxidation sites excluding steroid dienone is 1. The number of anilines is 1. The van der Waals surface area contributed by atoms with E-state index in [4.69, 9.17) is 27.9 Å². The van der Waals surface area contributed by atoms with Crippen molar-refractivity contribution in [1.82, 2.24) is 4.98 Å². The maximum absolute atomic E-state index is 9.48. The highest BCUT2D eigenvalue weighted by Crippen LogP contribution is 2.28. The lowest BCUT2D eigenvalue weighted by Crippen LogP contribution is -1.91. The highest BCUT2D eigenvalue weighted by molar-refractivity contribution is 7.11. The van der Waals surface area contributed by atoms with E-state index in [1.807, 2.05) is 36.6 Å². The summed E-state index contributed by atoms with van der Waals surface area (Å²) in [5, 5.41) is 16.0. The lowest BCUT2D eigenvalue weighted by molar-refractivity contribution is 0.340. The Bertz CT molecular complexity index is 1010. The van der Waals surface area contributed by atoms with E-state index in [0.29, 0.717) is 27.2 Å². The van der Waals surface area contributed by atoms with Gasteiger partial charge in [0, 0.05) is 22.8 Å². The van der Waals surface area contributed by atoms with Gasteiger partial charge < -0.3 is 10.1 Å². The first-order valence-corrected chi connectivity index (χ1v) is 9.75. The Morgan fingerprint density at radius 3 is 2.67 bits per heavy atom. The van der Waals surface area contributed by atoms with Crippen LogP contribution in [-0.4, -0.2) is 11.6 Å². The van der Waals surface area contributed by atoms with Crippen LogP contribution in [0, 0.1) is 11.3 Å². The van der Waals surface area contributed by atoms with Crippen LogP contribution in [0.25, 0.3) is 16.8 Å². The number of aromatic nitrogens is 1. The fraction of sp³-hybridized carbons (Fsp3) is 0.100. The number of halogens is 2. The quantitative estimate of drug-likeness (QED) is 0.467. The Hall–Kier alpha value is -2.52. The van der Waals surface area contributed by atoms with Crippen molar-refractivity contribution in [2.45, 2.75) is 6.92 Å². The molecule has 0 aliphatic rings. The highest BCUT2D eigenvalue weighted by atomic mass is 35.5. The molecule has 0 aliphatic heterocycles. The first kappa shape index (κ1) is 19.2. The second-order valence-corrected chi connectivity index (χ2v) is 7.11. The lowest BCUT2D eigenvalue weighted by atomic mass is 10.2. The molecular formula is C20H15Cl2N3OS. The van der Waals surface area contributed by atoms with Crippen molar-refractivity contribution in [1.29, 1.82) is 5.26 Å². The summed E-state index contributed by atoms with van der Waals surface area (Å²) in [6, 6.07) is 15.1. The van der Waals surface area contributed by atoms with E-state index in [1.165, 1.54) is 11.3 Å². The number of thiazole rings is 1. The van der Waals surface area contributed by atoms with E-state index in [0.717, 1.165) is 22.7 Å². The first-order valence-electron chi connectivity index (χ1n) is 8.11. The summed E-state index contributed by atoms with van der Waals surface area (Å²) in [6.07, 6.45) is 1.61. The van der Waals surface area contributed by atoms with Crippen LogP contribution in [0.1, 0.15) is 11.9 Å². The molecule has 0 saturated carbocycles. The standard InChI is InChI=1S/C20H15Cl2N3OS/c1-2-26-16-6-3-13(4-7-16)19-12-27-20(25-19)14(10-23)11-24-15-5-8-17(21)18(22)9-15/h3-9,11-12,24H,2H2,1H3/b14-11+. The number of hydrogen-bond acceptors (Lipinski definition) is 5. The van der Waals surface area contributed by atoms with Crippen LogP contribution in [0.15, 0.2) is 54.0 Å². The fourth-order valence-corrected chi connectivity index (χ4v) is 3.39. The van der Waals surface area contributed by atoms with Gasteiger partial charge in [-0.3, -0.25) is 0 Å². The summed E-state index contributed by atoms with van der Waals surface area (Å²) in [4.78, 5) is 4.57. The molecule has 0 spiro atoms. The van der Waals surface area contributed by atoms with Crippen LogP contribution in [0.5, 0.6) is 5.75 Å². The zero-order chi connectivity index (χ0) is 19.2. The molecular weight excluding hydrogens is 401 g/mol. The molecule has 0 radical (unpaired) electrons. The third-order valence-corrected chi connectivity index (χ3v) is 5.23. The number of benzene rings is 2. The minimum atomic E-state index is 0.434. The molecule has 0 fully saturated rings. The lowest BCUT2D eigenvalue weighted by Gasteiger charge is -2.03. The van der Waals surface area contributed by atoms with Gasteiger partial charge in [-0.05, 0) is 49.4 Å². The third kappa shape index (κ3) is 4.81. The number of nitriles is 1. The molecule has 1 aromatic heterocycles. The summed E-state index contributed by atoms with van der Waals surface area (Å²) in [7, 11) is 0. The molecule has 4 nitrogen and oxygen atoms in total. The molecule has 3 aromatic rings. The Balaban J connectivity index is 1.78. The van der Waals surface area contributed by atoms with Crippen molar-refractivity contribution < 1.29 is 4.74 Å². The summed E-state index contributed by atoms with van der Waals surface area (Å²) in [6.45, 7) is 2.57. The Morgan fingerprint density at radius 1 is 1.22 bits per heavy atom. The average molecular weight is 416 g/mol. The van der Waals surface area contributed by atoms with Crippen molar-refractivity contribution in [3.63, 3.8) is 0 Å². The molecule has 0 aliphatic carbocycles. The average Bonchev–Trinajstić information content (AvgIpc) is 3.16. The summed E-state index contributed by atoms with van der Waals surface area (Å²) in [5.41, 5.74) is 2.95. The summed E-state index contributed by atoms with van der Waals surface area (Å²) < 4.78 is 5.45. The number of hydrogen-bond donors (Lipinski definition) is 1. The van der Waals surface area contributed by atoms with Crippen molar-refractivity contribution in [3.05, 3.63) is 69.1 Å². The molecule has 2 aromatic carbocycles. The SMILES string of the molecule is CCOc1ccc(-c2csc(/C(C#N)=C/Nc3ccc(Cl)c(Cl)c3)n2)cc1. The van der Waals surface area contributed by atoms with Crippen LogP contribution in [0.3, 0.4) is 0 Å². The van der Waals surface area contributed by atoms with Gasteiger partial charge in [-0.1, -0.05) is 23.2 Å². The monoisotopic (exact) mass is 415 g/mol. The Labute approximate surface area is 171 Å². The molecule has 7 heteroatoms. The fourth-order valence-electron chi connectivity index (χ4n) is 2.30. The van der Waals surface area contributed by atoms with Crippen LogP contribution >= 0.6 is 34.5 Å². The van der Waals surface area contributed by atoms with E-state index in [1.54, 1.807) is 24.4 Å². The van der Waals surface area contributed by atoms with E-state index < -0.39 is 0 Å². The van der Waals surface area contributed by atoms with Crippen LogP contribution in [0.2, 0.25) is 10.0 Å². The molecule has 1 N–H and O–H groups in total. The predicted octanol–water partition coefficient (Wildman–Crippen LogP) is 6.49. The van der Waals surface area contributed by atoms with Gasteiger partial charge in [-0.25, -0.2) is 4.98 Å². The molecule has 0 unspecified atom stereocenters. The van der Waals surface area contributed by atoms with Gasteiger partial charge in [0.2, 0.25) is 0 Å². The van der Waals surface area contributed by atoms with Crippen molar-refractivity contribution in [3.8, 4) is 23.1 Å². The first-order chi connectivity index (χ1) is 13.1. The van der Waals surface area contributed by atoms with Gasteiger partial charge in [0.25, 0.3) is 0 Å². The van der Waals surface area contributed by atoms with Gasteiger partial charge in [0.05, 0.1) is 22.3 Å². The topological polar surface area (TPSA) is 57.9 Å². The van der Waals surface area contributed by atoms with Crippen LogP contribution < -0.4 is 10.1 Å². The molecule has 1 heterocycles. The minimum absolute atomic E-state index is 0.434. The highest BCUT2D eigenvalue weighted by Gasteiger charge is 2.09. The Morgan fingerprint density at radius 2 is 2.00 bits per heavy atom. The Kier molecular flexibility index (Phi) is 6.36. The van der Waals surface area contributed by atoms with Crippen molar-refractivity contribution in [2.75, 3.05) is 11.9 Å². The van der Waals surface area contributed by atoms with E-state index in [-0.39, 0.29) is 0 Å². The van der Waals surface area contributed by atoms with Crippen molar-refractivity contribution in [2.24, 2.45) is 0 Å². The summed E-state index contributed by atoms with van der Waals surface area (Å²) in [5.74, 6) is 0.820. The predicted molar refractivity (Wildman–Crippen MR) is 112 cm³/mol. The second-order valence-electron chi connectivity index (χ2n) is 5.44. The molecule has 0 saturated heterocycles. The number of ether oxygens (including phenoxy) is 1. The number of nitrogens with one attached hydrogen (secondary N) is 1. The van der Waals surface area contributed by atoms with Gasteiger partial charge in [-0.2, -0.15) is 5.26 Å². The van der Waals surface area contributed by atoms with Gasteiger partial charge in [0.15, 0.2) is 0 Å². The van der Waals surface area contributed by atoms with Gasteiger partial charge in [-0.15, -0.1) is 11.3 Å². The second kappa shape index (κ2) is 8.92. The molecule has 3 rings (SSSR count). The van der Waals surface area contributed by atoms with Crippen LogP contribution in [0.4, 0.5) is 5.69 Å². The summed E-state index contributed by atoms with van der Waals surface area (Å²) >= 11 is 13.3. The zero-order valence-corrected chi connectivity index (χ0v) is 16.7. The molecule has 136 valence electrons. The third-order valence-electron chi connectivity index (χ3n) is 3.62. The van der Waals surface area contributed by atoms with Crippen molar-refractivity contribution >= 4 is 45.8 Å². The molecule has 0 atom stereocenters. The molecule has 0 amide bonds. The van der Waals surface area contributed by atoms with E-state index in [9.17, 15) is 5.26 Å². The van der Waals surface area contributed by atoms with Crippen LogP contribution in [-0.2, 0) is 0 Å². The van der Waals surface area contributed by atoms with E-state index in [2.05, 4.69) is 16.4 Å². The largest absolute Gasteiger partial charge is 0.494 e. The van der Waals surface area contributed by atoms with Gasteiger partial charge in [0.1, 0.15) is 22.4 Å².